The van der Waals surface area contributed by atoms with Crippen LogP contribution < -0.4 is 5.56 Å². The van der Waals surface area contributed by atoms with Gasteiger partial charge in [0, 0.05) is 6.07 Å². The van der Waals surface area contributed by atoms with E-state index in [2.05, 4.69) is 11.0 Å². The molecule has 0 unspecified atom stereocenters. The highest BCUT2D eigenvalue weighted by Gasteiger charge is 2.02. The molecular formula is C11H8N2OS. The van der Waals surface area contributed by atoms with Crippen molar-refractivity contribution >= 4 is 11.3 Å². The number of aromatic nitrogens is 2. The molecule has 0 aliphatic heterocycles. The molecule has 0 radical (unpaired) electrons. The number of terminal acetylenes is 1. The molecule has 2 rings (SSSR count). The van der Waals surface area contributed by atoms with Crippen molar-refractivity contribution in [2.24, 2.45) is 0 Å². The van der Waals surface area contributed by atoms with Crippen LogP contribution in [0.3, 0.4) is 0 Å². The van der Waals surface area contributed by atoms with Gasteiger partial charge in [-0.1, -0.05) is 12.0 Å². The molecule has 15 heavy (non-hydrogen) atoms. The number of rotatable bonds is 2. The average molecular weight is 216 g/mol. The minimum atomic E-state index is -0.173. The van der Waals surface area contributed by atoms with Crippen LogP contribution in [0.5, 0.6) is 0 Å². The maximum absolute atomic E-state index is 11.3. The molecule has 0 saturated heterocycles. The number of hydrogen-bond acceptors (Lipinski definition) is 3. The van der Waals surface area contributed by atoms with Crippen LogP contribution in [0.2, 0.25) is 0 Å². The van der Waals surface area contributed by atoms with E-state index in [0.717, 1.165) is 10.6 Å². The molecule has 0 aliphatic rings. The van der Waals surface area contributed by atoms with Crippen LogP contribution in [0, 0.1) is 12.3 Å². The summed E-state index contributed by atoms with van der Waals surface area (Å²) >= 11 is 1.58. The van der Waals surface area contributed by atoms with Crippen molar-refractivity contribution in [3.8, 4) is 22.9 Å². The average Bonchev–Trinajstić information content (AvgIpc) is 2.75. The predicted octanol–water partition coefficient (Wildman–Crippen LogP) is 1.60. The molecule has 0 aromatic carbocycles. The standard InChI is InChI=1S/C11H8N2OS/c1-2-7-13-11(14)6-5-9(12-13)10-4-3-8-15-10/h1,3-6,8H,7H2. The van der Waals surface area contributed by atoms with Crippen molar-refractivity contribution in [1.29, 1.82) is 0 Å². The van der Waals surface area contributed by atoms with Gasteiger partial charge in [0.05, 0.1) is 4.88 Å². The Balaban J connectivity index is 2.48. The van der Waals surface area contributed by atoms with Crippen LogP contribution in [0.15, 0.2) is 34.4 Å². The normalized spacial score (nSPS) is 9.80. The van der Waals surface area contributed by atoms with E-state index in [1.165, 1.54) is 10.7 Å². The van der Waals surface area contributed by atoms with Crippen LogP contribution in [0.25, 0.3) is 10.6 Å². The zero-order valence-corrected chi connectivity index (χ0v) is 8.70. The van der Waals surface area contributed by atoms with Gasteiger partial charge in [-0.05, 0) is 17.5 Å². The first-order chi connectivity index (χ1) is 7.31. The molecule has 74 valence electrons. The lowest BCUT2D eigenvalue weighted by molar-refractivity contribution is 0.667. The Hall–Kier alpha value is -1.86. The largest absolute Gasteiger partial charge is 0.268 e. The molecule has 2 heterocycles. The molecule has 0 amide bonds. The molecule has 2 aromatic heterocycles. The highest BCUT2D eigenvalue weighted by molar-refractivity contribution is 7.13. The van der Waals surface area contributed by atoms with E-state index >= 15 is 0 Å². The molecular weight excluding hydrogens is 208 g/mol. The molecule has 4 heteroatoms. The summed E-state index contributed by atoms with van der Waals surface area (Å²) in [6.45, 7) is 0.206. The van der Waals surface area contributed by atoms with Gasteiger partial charge in [-0.15, -0.1) is 17.8 Å². The van der Waals surface area contributed by atoms with E-state index in [1.54, 1.807) is 17.4 Å². The molecule has 0 bridgehead atoms. The highest BCUT2D eigenvalue weighted by Crippen LogP contribution is 2.20. The van der Waals surface area contributed by atoms with Crippen LogP contribution in [-0.4, -0.2) is 9.78 Å². The molecule has 0 saturated carbocycles. The molecule has 3 nitrogen and oxygen atoms in total. The third kappa shape index (κ3) is 1.97. The Bertz CT molecular complexity index is 549. The van der Waals surface area contributed by atoms with Crippen molar-refractivity contribution in [2.45, 2.75) is 6.54 Å². The van der Waals surface area contributed by atoms with E-state index in [4.69, 9.17) is 6.42 Å². The summed E-state index contributed by atoms with van der Waals surface area (Å²) in [7, 11) is 0. The first-order valence-electron chi connectivity index (χ1n) is 4.37. The number of hydrogen-bond donors (Lipinski definition) is 0. The fourth-order valence-corrected chi connectivity index (χ4v) is 1.89. The smallest absolute Gasteiger partial charge is 0.267 e. The third-order valence-corrected chi connectivity index (χ3v) is 2.77. The van der Waals surface area contributed by atoms with Crippen LogP contribution in [0.1, 0.15) is 0 Å². The SMILES string of the molecule is C#CCn1nc(-c2cccs2)ccc1=O. The van der Waals surface area contributed by atoms with Crippen molar-refractivity contribution in [3.05, 3.63) is 40.0 Å². The van der Waals surface area contributed by atoms with Gasteiger partial charge in [0.15, 0.2) is 0 Å². The Morgan fingerprint density at radius 2 is 2.33 bits per heavy atom. The molecule has 0 aliphatic carbocycles. The predicted molar refractivity (Wildman–Crippen MR) is 60.6 cm³/mol. The lowest BCUT2D eigenvalue weighted by atomic mass is 10.3. The van der Waals surface area contributed by atoms with E-state index in [9.17, 15) is 4.79 Å². The Labute approximate surface area is 91.0 Å². The summed E-state index contributed by atoms with van der Waals surface area (Å²) in [5, 5.41) is 6.14. The van der Waals surface area contributed by atoms with Crippen LogP contribution in [0.4, 0.5) is 0 Å². The summed E-state index contributed by atoms with van der Waals surface area (Å²) in [5.41, 5.74) is 0.605. The van der Waals surface area contributed by atoms with E-state index in [-0.39, 0.29) is 12.1 Å². The second kappa shape index (κ2) is 4.11. The third-order valence-electron chi connectivity index (χ3n) is 1.88. The summed E-state index contributed by atoms with van der Waals surface area (Å²) < 4.78 is 1.29. The number of thiophene rings is 1. The number of nitrogens with zero attached hydrogens (tertiary/aromatic N) is 2. The zero-order chi connectivity index (χ0) is 10.7. The summed E-state index contributed by atoms with van der Waals surface area (Å²) in [6, 6.07) is 7.09. The lowest BCUT2D eigenvalue weighted by Crippen LogP contribution is -2.21. The Kier molecular flexibility index (Phi) is 2.66. The van der Waals surface area contributed by atoms with E-state index in [1.807, 2.05) is 17.5 Å². The van der Waals surface area contributed by atoms with Crippen molar-refractivity contribution in [2.75, 3.05) is 0 Å². The lowest BCUT2D eigenvalue weighted by Gasteiger charge is -2.01. The van der Waals surface area contributed by atoms with Gasteiger partial charge in [-0.3, -0.25) is 4.79 Å². The van der Waals surface area contributed by atoms with Gasteiger partial charge in [0.25, 0.3) is 5.56 Å². The maximum Gasteiger partial charge on any atom is 0.267 e. The first kappa shape index (κ1) is 9.69. The summed E-state index contributed by atoms with van der Waals surface area (Å²) in [5.74, 6) is 2.40. The van der Waals surface area contributed by atoms with Gasteiger partial charge in [-0.2, -0.15) is 5.10 Å². The highest BCUT2D eigenvalue weighted by atomic mass is 32.1. The van der Waals surface area contributed by atoms with Gasteiger partial charge >= 0.3 is 0 Å². The van der Waals surface area contributed by atoms with Crippen LogP contribution >= 0.6 is 11.3 Å². The molecule has 0 fully saturated rings. The zero-order valence-electron chi connectivity index (χ0n) is 7.88. The van der Waals surface area contributed by atoms with Crippen molar-refractivity contribution < 1.29 is 0 Å². The topological polar surface area (TPSA) is 34.9 Å². The Morgan fingerprint density at radius 3 is 3.00 bits per heavy atom. The fraction of sp³-hybridized carbons (Fsp3) is 0.0909. The first-order valence-corrected chi connectivity index (χ1v) is 5.25. The fourth-order valence-electron chi connectivity index (χ4n) is 1.20. The molecule has 0 spiro atoms. The van der Waals surface area contributed by atoms with Crippen molar-refractivity contribution in [3.63, 3.8) is 0 Å². The second-order valence-electron chi connectivity index (χ2n) is 2.90. The second-order valence-corrected chi connectivity index (χ2v) is 3.84. The van der Waals surface area contributed by atoms with Gasteiger partial charge in [0.1, 0.15) is 12.2 Å². The molecule has 0 N–H and O–H groups in total. The van der Waals surface area contributed by atoms with Gasteiger partial charge in [0.2, 0.25) is 0 Å². The van der Waals surface area contributed by atoms with Gasteiger partial charge in [-0.25, -0.2) is 4.68 Å². The quantitative estimate of drug-likeness (QED) is 0.715. The maximum atomic E-state index is 11.3. The van der Waals surface area contributed by atoms with E-state index < -0.39 is 0 Å². The molecule has 0 atom stereocenters. The monoisotopic (exact) mass is 216 g/mol. The van der Waals surface area contributed by atoms with E-state index in [0.29, 0.717) is 0 Å². The Morgan fingerprint density at radius 1 is 1.47 bits per heavy atom. The van der Waals surface area contributed by atoms with Crippen LogP contribution in [-0.2, 0) is 6.54 Å². The summed E-state index contributed by atoms with van der Waals surface area (Å²) in [6.07, 6.45) is 5.15. The summed E-state index contributed by atoms with van der Waals surface area (Å²) in [4.78, 5) is 12.4. The van der Waals surface area contributed by atoms with Gasteiger partial charge < -0.3 is 0 Å². The minimum absolute atomic E-state index is 0.173. The molecule has 2 aromatic rings. The minimum Gasteiger partial charge on any atom is -0.268 e. The van der Waals surface area contributed by atoms with Crippen molar-refractivity contribution in [1.82, 2.24) is 9.78 Å².